The number of aromatic nitrogens is 3. The normalized spacial score (nSPS) is 11.8. The van der Waals surface area contributed by atoms with Gasteiger partial charge in [0.05, 0.1) is 11.7 Å². The zero-order valence-electron chi connectivity index (χ0n) is 10.8. The number of rotatable bonds is 2. The van der Waals surface area contributed by atoms with Crippen molar-refractivity contribution in [2.24, 2.45) is 0 Å². The SMILES string of the molecule is CC(C)(C)OC(=O)Cn1nc(I)c2cc(Cl)ncc21. The molecule has 2 heterocycles. The molecule has 0 radical (unpaired) electrons. The van der Waals surface area contributed by atoms with Crippen molar-refractivity contribution in [3.63, 3.8) is 0 Å². The fraction of sp³-hybridized carbons (Fsp3) is 0.417. The molecule has 5 nitrogen and oxygen atoms in total. The van der Waals surface area contributed by atoms with Crippen LogP contribution in [0.5, 0.6) is 0 Å². The van der Waals surface area contributed by atoms with E-state index >= 15 is 0 Å². The molecule has 0 aliphatic heterocycles. The quantitative estimate of drug-likeness (QED) is 0.447. The van der Waals surface area contributed by atoms with Gasteiger partial charge >= 0.3 is 5.97 Å². The highest BCUT2D eigenvalue weighted by atomic mass is 127. The molecule has 7 heteroatoms. The third-order valence-electron chi connectivity index (χ3n) is 2.26. The van der Waals surface area contributed by atoms with E-state index < -0.39 is 5.60 Å². The highest BCUT2D eigenvalue weighted by molar-refractivity contribution is 14.1. The Kier molecular flexibility index (Phi) is 4.00. The number of halogens is 2. The third-order valence-corrected chi connectivity index (χ3v) is 3.26. The zero-order chi connectivity index (χ0) is 14.2. The first-order valence-corrected chi connectivity index (χ1v) is 7.11. The number of pyridine rings is 1. The Balaban J connectivity index is 2.29. The first kappa shape index (κ1) is 14.5. The van der Waals surface area contributed by atoms with Crippen molar-refractivity contribution in [2.75, 3.05) is 0 Å². The predicted octanol–water partition coefficient (Wildman–Crippen LogP) is 3.03. The molecular weight excluding hydrogens is 381 g/mol. The first-order valence-electron chi connectivity index (χ1n) is 5.66. The van der Waals surface area contributed by atoms with Crippen LogP contribution in [0.2, 0.25) is 5.15 Å². The summed E-state index contributed by atoms with van der Waals surface area (Å²) in [6.07, 6.45) is 1.61. The van der Waals surface area contributed by atoms with Gasteiger partial charge in [-0.15, -0.1) is 0 Å². The number of carbonyl (C=O) groups is 1. The largest absolute Gasteiger partial charge is 0.459 e. The molecule has 0 aliphatic rings. The highest BCUT2D eigenvalue weighted by Gasteiger charge is 2.18. The maximum atomic E-state index is 11.8. The van der Waals surface area contributed by atoms with Crippen LogP contribution in [-0.2, 0) is 16.1 Å². The number of fused-ring (bicyclic) bond motifs is 1. The summed E-state index contributed by atoms with van der Waals surface area (Å²) in [5, 5.41) is 5.59. The van der Waals surface area contributed by atoms with Crippen LogP contribution in [0.4, 0.5) is 0 Å². The van der Waals surface area contributed by atoms with Gasteiger partial charge in [-0.3, -0.25) is 9.48 Å². The number of ether oxygens (including phenoxy) is 1. The smallest absolute Gasteiger partial charge is 0.328 e. The van der Waals surface area contributed by atoms with E-state index in [9.17, 15) is 4.79 Å². The van der Waals surface area contributed by atoms with Crippen LogP contribution < -0.4 is 0 Å². The molecule has 0 bridgehead atoms. The van der Waals surface area contributed by atoms with Crippen molar-refractivity contribution < 1.29 is 9.53 Å². The molecule has 0 saturated carbocycles. The molecule has 0 aromatic carbocycles. The minimum atomic E-state index is -0.505. The minimum Gasteiger partial charge on any atom is -0.459 e. The molecule has 2 aromatic heterocycles. The Morgan fingerprint density at radius 2 is 2.21 bits per heavy atom. The van der Waals surface area contributed by atoms with E-state index in [1.165, 1.54) is 0 Å². The van der Waals surface area contributed by atoms with Crippen molar-refractivity contribution in [1.29, 1.82) is 0 Å². The second-order valence-electron chi connectivity index (χ2n) is 5.06. The van der Waals surface area contributed by atoms with Crippen molar-refractivity contribution in [3.05, 3.63) is 21.1 Å². The Labute approximate surface area is 129 Å². The standard InChI is InChI=1S/C12H13ClIN3O2/c1-12(2,3)19-10(18)6-17-8-5-15-9(13)4-7(8)11(14)16-17/h4-5H,6H2,1-3H3. The van der Waals surface area contributed by atoms with Gasteiger partial charge in [0, 0.05) is 5.39 Å². The van der Waals surface area contributed by atoms with Crippen molar-refractivity contribution in [2.45, 2.75) is 32.9 Å². The number of hydrogen-bond acceptors (Lipinski definition) is 4. The first-order chi connectivity index (χ1) is 8.76. The van der Waals surface area contributed by atoms with Gasteiger partial charge in [0.1, 0.15) is 21.0 Å². The molecule has 0 amide bonds. The summed E-state index contributed by atoms with van der Waals surface area (Å²) in [5.41, 5.74) is 0.258. The molecule has 102 valence electrons. The average Bonchev–Trinajstić information content (AvgIpc) is 2.52. The van der Waals surface area contributed by atoms with Gasteiger partial charge in [-0.1, -0.05) is 11.6 Å². The van der Waals surface area contributed by atoms with Crippen LogP contribution >= 0.6 is 34.2 Å². The van der Waals surface area contributed by atoms with E-state index in [1.807, 2.05) is 20.8 Å². The summed E-state index contributed by atoms with van der Waals surface area (Å²) in [6, 6.07) is 1.73. The van der Waals surface area contributed by atoms with Gasteiger partial charge in [0.2, 0.25) is 0 Å². The molecule has 19 heavy (non-hydrogen) atoms. The van der Waals surface area contributed by atoms with Crippen LogP contribution in [0.1, 0.15) is 20.8 Å². The third kappa shape index (κ3) is 3.56. The molecule has 0 fully saturated rings. The van der Waals surface area contributed by atoms with Crippen molar-refractivity contribution in [1.82, 2.24) is 14.8 Å². The van der Waals surface area contributed by atoms with E-state index in [1.54, 1.807) is 16.9 Å². The van der Waals surface area contributed by atoms with Gasteiger partial charge < -0.3 is 4.74 Å². The summed E-state index contributed by atoms with van der Waals surface area (Å²) in [7, 11) is 0. The Morgan fingerprint density at radius 1 is 1.53 bits per heavy atom. The Bertz CT molecular complexity index is 634. The molecule has 0 atom stereocenters. The number of hydrogen-bond donors (Lipinski definition) is 0. The summed E-state index contributed by atoms with van der Waals surface area (Å²) < 4.78 is 7.63. The lowest BCUT2D eigenvalue weighted by Crippen LogP contribution is -2.26. The van der Waals surface area contributed by atoms with Crippen LogP contribution in [-0.4, -0.2) is 26.3 Å². The van der Waals surface area contributed by atoms with E-state index in [0.717, 1.165) is 14.6 Å². The van der Waals surface area contributed by atoms with Crippen LogP contribution in [0.3, 0.4) is 0 Å². The molecule has 0 unspecified atom stereocenters. The second-order valence-corrected chi connectivity index (χ2v) is 6.47. The van der Waals surface area contributed by atoms with E-state index in [4.69, 9.17) is 16.3 Å². The lowest BCUT2D eigenvalue weighted by atomic mass is 10.2. The van der Waals surface area contributed by atoms with Gasteiger partial charge in [0.25, 0.3) is 0 Å². The summed E-state index contributed by atoms with van der Waals surface area (Å²) in [4.78, 5) is 15.8. The predicted molar refractivity (Wildman–Crippen MR) is 81.1 cm³/mol. The topological polar surface area (TPSA) is 57.0 Å². The Hall–Kier alpha value is -0.890. The van der Waals surface area contributed by atoms with Gasteiger partial charge in [0.15, 0.2) is 0 Å². The highest BCUT2D eigenvalue weighted by Crippen LogP contribution is 2.22. The maximum absolute atomic E-state index is 11.8. The number of esters is 1. The molecule has 0 aliphatic carbocycles. The van der Waals surface area contributed by atoms with Crippen molar-refractivity contribution >= 4 is 51.1 Å². The molecule has 0 N–H and O–H groups in total. The van der Waals surface area contributed by atoms with Crippen molar-refractivity contribution in [3.8, 4) is 0 Å². The lowest BCUT2D eigenvalue weighted by molar-refractivity contribution is -0.155. The van der Waals surface area contributed by atoms with Gasteiger partial charge in [-0.25, -0.2) is 4.98 Å². The van der Waals surface area contributed by atoms with E-state index in [-0.39, 0.29) is 12.5 Å². The number of carbonyl (C=O) groups excluding carboxylic acids is 1. The Morgan fingerprint density at radius 3 is 2.84 bits per heavy atom. The fourth-order valence-corrected chi connectivity index (χ4v) is 2.47. The minimum absolute atomic E-state index is 0.0556. The molecule has 0 saturated heterocycles. The molecule has 2 aromatic rings. The van der Waals surface area contributed by atoms with Crippen LogP contribution in [0, 0.1) is 3.70 Å². The summed E-state index contributed by atoms with van der Waals surface area (Å²) >= 11 is 7.95. The summed E-state index contributed by atoms with van der Waals surface area (Å²) in [6.45, 7) is 5.55. The van der Waals surface area contributed by atoms with Gasteiger partial charge in [-0.2, -0.15) is 5.10 Å². The maximum Gasteiger partial charge on any atom is 0.328 e. The molecular formula is C12H13ClIN3O2. The molecule has 0 spiro atoms. The lowest BCUT2D eigenvalue weighted by Gasteiger charge is -2.19. The van der Waals surface area contributed by atoms with E-state index in [2.05, 4.69) is 32.7 Å². The van der Waals surface area contributed by atoms with Crippen LogP contribution in [0.25, 0.3) is 10.9 Å². The summed E-state index contributed by atoms with van der Waals surface area (Å²) in [5.74, 6) is -0.330. The van der Waals surface area contributed by atoms with E-state index in [0.29, 0.717) is 5.15 Å². The monoisotopic (exact) mass is 393 g/mol. The number of nitrogens with zero attached hydrogens (tertiary/aromatic N) is 3. The van der Waals surface area contributed by atoms with Crippen LogP contribution in [0.15, 0.2) is 12.3 Å². The average molecular weight is 394 g/mol. The zero-order valence-corrected chi connectivity index (χ0v) is 13.7. The second kappa shape index (κ2) is 5.24. The fourth-order valence-electron chi connectivity index (χ4n) is 1.62. The van der Waals surface area contributed by atoms with Gasteiger partial charge in [-0.05, 0) is 49.4 Å². The molecule has 2 rings (SSSR count).